The molecule has 0 atom stereocenters. The molecule has 2 aliphatic carbocycles. The first-order valence-corrected chi connectivity index (χ1v) is 5.64. The molecule has 0 aromatic carbocycles. The first-order valence-electron chi connectivity index (χ1n) is 5.64. The molecule has 0 bridgehead atoms. The Bertz CT molecular complexity index is 159. The van der Waals surface area contributed by atoms with Crippen molar-refractivity contribution in [2.45, 2.75) is 50.7 Å². The van der Waals surface area contributed by atoms with E-state index < -0.39 is 0 Å². The van der Waals surface area contributed by atoms with Crippen molar-refractivity contribution >= 4 is 0 Å². The van der Waals surface area contributed by atoms with E-state index in [1.165, 1.54) is 32.2 Å². The number of nitrogens with zero attached hydrogens (tertiary/aromatic N) is 1. The fraction of sp³-hybridized carbons (Fsp3) is 1.00. The van der Waals surface area contributed by atoms with Gasteiger partial charge >= 0.3 is 0 Å². The maximum atomic E-state index is 9.38. The van der Waals surface area contributed by atoms with Crippen molar-refractivity contribution in [2.24, 2.45) is 5.92 Å². The second-order valence-electron chi connectivity index (χ2n) is 4.85. The third-order valence-corrected chi connectivity index (χ3v) is 3.53. The van der Waals surface area contributed by atoms with Gasteiger partial charge in [-0.1, -0.05) is 0 Å². The van der Waals surface area contributed by atoms with E-state index in [0.29, 0.717) is 0 Å². The second kappa shape index (κ2) is 3.97. The third kappa shape index (κ3) is 2.68. The summed E-state index contributed by atoms with van der Waals surface area (Å²) in [4.78, 5) is 2.52. The molecule has 0 aromatic heterocycles. The number of aliphatic hydroxyl groups is 1. The Kier molecular flexibility index (Phi) is 2.89. The average Bonchev–Trinajstić information content (AvgIpc) is 2.89. The SMILES string of the molecule is CN(CC1CC1)C1CCC(O)CC1. The Morgan fingerprint density at radius 1 is 1.08 bits per heavy atom. The van der Waals surface area contributed by atoms with Crippen LogP contribution in [-0.2, 0) is 0 Å². The van der Waals surface area contributed by atoms with Gasteiger partial charge < -0.3 is 10.0 Å². The maximum Gasteiger partial charge on any atom is 0.0541 e. The first-order chi connectivity index (χ1) is 6.25. The summed E-state index contributed by atoms with van der Waals surface area (Å²) in [5, 5.41) is 9.38. The molecule has 2 aliphatic rings. The summed E-state index contributed by atoms with van der Waals surface area (Å²) in [5.41, 5.74) is 0. The zero-order chi connectivity index (χ0) is 9.26. The van der Waals surface area contributed by atoms with Gasteiger partial charge in [0.1, 0.15) is 0 Å². The van der Waals surface area contributed by atoms with E-state index in [2.05, 4.69) is 11.9 Å². The van der Waals surface area contributed by atoms with Crippen molar-refractivity contribution in [1.29, 1.82) is 0 Å². The highest BCUT2D eigenvalue weighted by Crippen LogP contribution is 2.31. The van der Waals surface area contributed by atoms with Gasteiger partial charge in [0.25, 0.3) is 0 Å². The van der Waals surface area contributed by atoms with Crippen molar-refractivity contribution in [2.75, 3.05) is 13.6 Å². The minimum atomic E-state index is -0.00873. The number of rotatable bonds is 3. The van der Waals surface area contributed by atoms with Crippen LogP contribution in [-0.4, -0.2) is 35.7 Å². The summed E-state index contributed by atoms with van der Waals surface area (Å²) in [6.07, 6.45) is 7.30. The van der Waals surface area contributed by atoms with Gasteiger partial charge in [0, 0.05) is 12.6 Å². The van der Waals surface area contributed by atoms with E-state index in [1.54, 1.807) is 0 Å². The van der Waals surface area contributed by atoms with Crippen molar-refractivity contribution in [3.63, 3.8) is 0 Å². The first kappa shape index (κ1) is 9.47. The summed E-state index contributed by atoms with van der Waals surface area (Å²) in [7, 11) is 2.25. The van der Waals surface area contributed by atoms with Gasteiger partial charge in [0.2, 0.25) is 0 Å². The highest BCUT2D eigenvalue weighted by molar-refractivity contribution is 4.82. The largest absolute Gasteiger partial charge is 0.393 e. The molecule has 2 saturated carbocycles. The molecule has 2 fully saturated rings. The van der Waals surface area contributed by atoms with Gasteiger partial charge in [-0.15, -0.1) is 0 Å². The summed E-state index contributed by atoms with van der Waals surface area (Å²) in [6, 6.07) is 0.754. The smallest absolute Gasteiger partial charge is 0.0541 e. The van der Waals surface area contributed by atoms with Crippen molar-refractivity contribution in [3.05, 3.63) is 0 Å². The molecule has 0 radical (unpaired) electrons. The zero-order valence-electron chi connectivity index (χ0n) is 8.58. The van der Waals surface area contributed by atoms with Crippen LogP contribution in [0.5, 0.6) is 0 Å². The van der Waals surface area contributed by atoms with Crippen LogP contribution < -0.4 is 0 Å². The lowest BCUT2D eigenvalue weighted by molar-refractivity contribution is 0.0827. The number of aliphatic hydroxyl groups excluding tert-OH is 1. The molecule has 0 heterocycles. The van der Waals surface area contributed by atoms with Crippen molar-refractivity contribution in [1.82, 2.24) is 4.90 Å². The highest BCUT2D eigenvalue weighted by Gasteiger charge is 2.28. The molecule has 0 amide bonds. The van der Waals surface area contributed by atoms with Crippen LogP contribution in [0.2, 0.25) is 0 Å². The third-order valence-electron chi connectivity index (χ3n) is 3.53. The zero-order valence-corrected chi connectivity index (χ0v) is 8.58. The summed E-state index contributed by atoms with van der Waals surface area (Å²) < 4.78 is 0. The molecule has 0 aliphatic heterocycles. The van der Waals surface area contributed by atoms with Gasteiger partial charge in [-0.25, -0.2) is 0 Å². The fourth-order valence-electron chi connectivity index (χ4n) is 2.36. The van der Waals surface area contributed by atoms with Crippen LogP contribution in [0.4, 0.5) is 0 Å². The highest BCUT2D eigenvalue weighted by atomic mass is 16.3. The molecular formula is C11H21NO. The van der Waals surface area contributed by atoms with Crippen LogP contribution in [0.1, 0.15) is 38.5 Å². The maximum absolute atomic E-state index is 9.38. The Balaban J connectivity index is 1.72. The Labute approximate surface area is 80.9 Å². The molecule has 2 heteroatoms. The molecule has 0 saturated heterocycles. The van der Waals surface area contributed by atoms with Gasteiger partial charge in [-0.2, -0.15) is 0 Å². The molecule has 0 aromatic rings. The molecule has 1 N–H and O–H groups in total. The van der Waals surface area contributed by atoms with E-state index in [1.807, 2.05) is 0 Å². The van der Waals surface area contributed by atoms with Crippen LogP contribution in [0, 0.1) is 5.92 Å². The predicted octanol–water partition coefficient (Wildman–Crippen LogP) is 1.63. The standard InChI is InChI=1S/C11H21NO/c1-12(8-9-2-3-9)10-4-6-11(13)7-5-10/h9-11,13H,2-8H2,1H3. The summed E-state index contributed by atoms with van der Waals surface area (Å²) in [5.74, 6) is 0.997. The molecule has 0 spiro atoms. The van der Waals surface area contributed by atoms with Crippen molar-refractivity contribution in [3.8, 4) is 0 Å². The molecular weight excluding hydrogens is 162 g/mol. The van der Waals surface area contributed by atoms with E-state index in [-0.39, 0.29) is 6.10 Å². The van der Waals surface area contributed by atoms with Gasteiger partial charge in [-0.3, -0.25) is 0 Å². The molecule has 76 valence electrons. The quantitative estimate of drug-likeness (QED) is 0.719. The summed E-state index contributed by atoms with van der Waals surface area (Å²) >= 11 is 0. The second-order valence-corrected chi connectivity index (χ2v) is 4.85. The molecule has 0 unspecified atom stereocenters. The Morgan fingerprint density at radius 2 is 1.69 bits per heavy atom. The minimum Gasteiger partial charge on any atom is -0.393 e. The van der Waals surface area contributed by atoms with Crippen LogP contribution in [0.25, 0.3) is 0 Å². The molecule has 2 rings (SSSR count). The van der Waals surface area contributed by atoms with Crippen molar-refractivity contribution < 1.29 is 5.11 Å². The Hall–Kier alpha value is -0.0800. The van der Waals surface area contributed by atoms with E-state index in [9.17, 15) is 5.11 Å². The number of hydrogen-bond acceptors (Lipinski definition) is 2. The monoisotopic (exact) mass is 183 g/mol. The minimum absolute atomic E-state index is 0.00873. The van der Waals surface area contributed by atoms with Gasteiger partial charge in [-0.05, 0) is 51.5 Å². The van der Waals surface area contributed by atoms with Crippen LogP contribution >= 0.6 is 0 Å². The predicted molar refractivity (Wildman–Crippen MR) is 53.6 cm³/mol. The number of hydrogen-bond donors (Lipinski definition) is 1. The average molecular weight is 183 g/mol. The summed E-state index contributed by atoms with van der Waals surface area (Å²) in [6.45, 7) is 1.29. The normalized spacial score (nSPS) is 35.3. The van der Waals surface area contributed by atoms with Crippen LogP contribution in [0.3, 0.4) is 0 Å². The molecule has 13 heavy (non-hydrogen) atoms. The van der Waals surface area contributed by atoms with Gasteiger partial charge in [0.15, 0.2) is 0 Å². The Morgan fingerprint density at radius 3 is 2.23 bits per heavy atom. The van der Waals surface area contributed by atoms with E-state index in [4.69, 9.17) is 0 Å². The van der Waals surface area contributed by atoms with E-state index >= 15 is 0 Å². The van der Waals surface area contributed by atoms with E-state index in [0.717, 1.165) is 24.8 Å². The van der Waals surface area contributed by atoms with Crippen LogP contribution in [0.15, 0.2) is 0 Å². The van der Waals surface area contributed by atoms with Gasteiger partial charge in [0.05, 0.1) is 6.10 Å². The lowest BCUT2D eigenvalue weighted by Crippen LogP contribution is -2.37. The lowest BCUT2D eigenvalue weighted by Gasteiger charge is -2.33. The fourth-order valence-corrected chi connectivity index (χ4v) is 2.36. The lowest BCUT2D eigenvalue weighted by atomic mass is 9.92. The molecule has 2 nitrogen and oxygen atoms in total. The topological polar surface area (TPSA) is 23.5 Å².